The number of carbonyl (C=O) groups excluding carboxylic acids is 1. The first-order valence-corrected chi connectivity index (χ1v) is 7.99. The molecule has 0 fully saturated rings. The van der Waals surface area contributed by atoms with Gasteiger partial charge in [0.2, 0.25) is 0 Å². The Morgan fingerprint density at radius 3 is 2.23 bits per heavy atom. The summed E-state index contributed by atoms with van der Waals surface area (Å²) >= 11 is 0. The van der Waals surface area contributed by atoms with E-state index in [1.165, 1.54) is 0 Å². The molecule has 4 heteroatoms. The van der Waals surface area contributed by atoms with E-state index in [1.807, 2.05) is 52.0 Å². The van der Waals surface area contributed by atoms with Crippen molar-refractivity contribution < 1.29 is 14.3 Å². The lowest BCUT2D eigenvalue weighted by Gasteiger charge is -2.29. The summed E-state index contributed by atoms with van der Waals surface area (Å²) in [6, 6.07) is 7.40. The lowest BCUT2D eigenvalue weighted by molar-refractivity contribution is -0.140. The molecule has 1 aromatic carbocycles. The summed E-state index contributed by atoms with van der Waals surface area (Å²) in [7, 11) is 0. The summed E-state index contributed by atoms with van der Waals surface area (Å²) in [5, 5.41) is 2.93. The molecule has 1 N–H and O–H groups in total. The molecule has 0 aliphatic heterocycles. The van der Waals surface area contributed by atoms with Gasteiger partial charge in [-0.1, -0.05) is 13.8 Å². The molecule has 4 nitrogen and oxygen atoms in total. The third-order valence-corrected chi connectivity index (χ3v) is 3.22. The molecule has 1 aromatic rings. The van der Waals surface area contributed by atoms with Crippen molar-refractivity contribution in [3.8, 4) is 5.75 Å². The van der Waals surface area contributed by atoms with Crippen molar-refractivity contribution in [3.05, 3.63) is 24.3 Å². The lowest BCUT2D eigenvalue weighted by atomic mass is 9.93. The minimum Gasteiger partial charge on any atom is -0.491 e. The number of amides is 1. The van der Waals surface area contributed by atoms with Crippen LogP contribution in [-0.4, -0.2) is 24.2 Å². The minimum atomic E-state index is -0.810. The van der Waals surface area contributed by atoms with E-state index in [0.29, 0.717) is 18.9 Å². The van der Waals surface area contributed by atoms with Gasteiger partial charge < -0.3 is 14.8 Å². The van der Waals surface area contributed by atoms with Crippen LogP contribution < -0.4 is 10.1 Å². The minimum absolute atomic E-state index is 0.111. The Balaban J connectivity index is 2.76. The largest absolute Gasteiger partial charge is 0.491 e. The van der Waals surface area contributed by atoms with Crippen LogP contribution in [0.2, 0.25) is 0 Å². The molecular weight excluding hydrogens is 278 g/mol. The number of carbonyl (C=O) groups is 1. The summed E-state index contributed by atoms with van der Waals surface area (Å²) in [6.07, 6.45) is 0.814. The summed E-state index contributed by atoms with van der Waals surface area (Å²) < 4.78 is 11.3. The second-order valence-electron chi connectivity index (χ2n) is 6.41. The maximum Gasteiger partial charge on any atom is 0.256 e. The van der Waals surface area contributed by atoms with Crippen LogP contribution in [0.25, 0.3) is 0 Å². The molecule has 0 saturated heterocycles. The molecule has 0 aliphatic rings. The van der Waals surface area contributed by atoms with Crippen LogP contribution in [0.15, 0.2) is 24.3 Å². The van der Waals surface area contributed by atoms with Crippen LogP contribution in [0.4, 0.5) is 5.69 Å². The SMILES string of the molecule is CCO[C@](C)(CC(C)C)C(=O)Nc1ccc(OC(C)C)cc1. The standard InChI is InChI=1S/C18H29NO3/c1-7-21-18(6,12-13(2)3)17(20)19-15-8-10-16(11-9-15)22-14(4)5/h8-11,13-14H,7,12H2,1-6H3,(H,19,20)/t18-/m1/s1. The molecule has 0 aromatic heterocycles. The monoisotopic (exact) mass is 307 g/mol. The highest BCUT2D eigenvalue weighted by molar-refractivity contribution is 5.97. The first-order chi connectivity index (χ1) is 10.3. The summed E-state index contributed by atoms with van der Waals surface area (Å²) in [5.41, 5.74) is -0.0634. The summed E-state index contributed by atoms with van der Waals surface area (Å²) in [5.74, 6) is 1.06. The van der Waals surface area contributed by atoms with Gasteiger partial charge in [0.1, 0.15) is 11.4 Å². The third kappa shape index (κ3) is 5.68. The molecule has 1 atom stereocenters. The Hall–Kier alpha value is -1.55. The highest BCUT2D eigenvalue weighted by atomic mass is 16.5. The summed E-state index contributed by atoms with van der Waals surface area (Å²) in [6.45, 7) is 12.4. The van der Waals surface area contributed by atoms with Gasteiger partial charge >= 0.3 is 0 Å². The zero-order valence-electron chi connectivity index (χ0n) is 14.6. The van der Waals surface area contributed by atoms with E-state index in [9.17, 15) is 4.79 Å². The van der Waals surface area contributed by atoms with E-state index in [0.717, 1.165) is 11.4 Å². The van der Waals surface area contributed by atoms with E-state index in [2.05, 4.69) is 19.2 Å². The van der Waals surface area contributed by atoms with Crippen molar-refractivity contribution in [1.29, 1.82) is 0 Å². The van der Waals surface area contributed by atoms with Crippen molar-refractivity contribution in [2.24, 2.45) is 5.92 Å². The molecule has 0 saturated carbocycles. The van der Waals surface area contributed by atoms with Crippen LogP contribution in [-0.2, 0) is 9.53 Å². The average Bonchev–Trinajstić information content (AvgIpc) is 2.39. The van der Waals surface area contributed by atoms with Gasteiger partial charge in [0.15, 0.2) is 0 Å². The Kier molecular flexibility index (Phi) is 6.88. The van der Waals surface area contributed by atoms with Crippen molar-refractivity contribution in [2.45, 2.75) is 59.7 Å². The van der Waals surface area contributed by atoms with Gasteiger partial charge in [-0.05, 0) is 64.3 Å². The number of rotatable bonds is 8. The Morgan fingerprint density at radius 2 is 1.77 bits per heavy atom. The lowest BCUT2D eigenvalue weighted by Crippen LogP contribution is -2.43. The number of anilines is 1. The Labute approximate surface area is 134 Å². The molecule has 22 heavy (non-hydrogen) atoms. The third-order valence-electron chi connectivity index (χ3n) is 3.22. The second kappa shape index (κ2) is 8.18. The molecule has 1 amide bonds. The van der Waals surface area contributed by atoms with E-state index in [-0.39, 0.29) is 12.0 Å². The predicted octanol–water partition coefficient (Wildman–Crippen LogP) is 4.25. The van der Waals surface area contributed by atoms with Crippen LogP contribution in [0.1, 0.15) is 48.0 Å². The van der Waals surface area contributed by atoms with Crippen LogP contribution in [0.5, 0.6) is 5.75 Å². The highest BCUT2D eigenvalue weighted by Crippen LogP contribution is 2.24. The highest BCUT2D eigenvalue weighted by Gasteiger charge is 2.34. The Morgan fingerprint density at radius 1 is 1.18 bits per heavy atom. The number of benzene rings is 1. The number of nitrogens with one attached hydrogen (secondary N) is 1. The topological polar surface area (TPSA) is 47.6 Å². The van der Waals surface area contributed by atoms with Gasteiger partial charge in [-0.25, -0.2) is 0 Å². The van der Waals surface area contributed by atoms with Crippen LogP contribution in [0, 0.1) is 5.92 Å². The first kappa shape index (κ1) is 18.5. The molecule has 1 rings (SSSR count). The van der Waals surface area contributed by atoms with Crippen molar-refractivity contribution in [2.75, 3.05) is 11.9 Å². The predicted molar refractivity (Wildman–Crippen MR) is 90.3 cm³/mol. The zero-order chi connectivity index (χ0) is 16.8. The molecule has 0 radical (unpaired) electrons. The smallest absolute Gasteiger partial charge is 0.256 e. The van der Waals surface area contributed by atoms with Crippen LogP contribution >= 0.6 is 0 Å². The average molecular weight is 307 g/mol. The quantitative estimate of drug-likeness (QED) is 0.781. The molecule has 0 spiro atoms. The van der Waals surface area contributed by atoms with Gasteiger partial charge in [-0.3, -0.25) is 4.79 Å². The van der Waals surface area contributed by atoms with Gasteiger partial charge in [-0.2, -0.15) is 0 Å². The summed E-state index contributed by atoms with van der Waals surface area (Å²) in [4.78, 5) is 12.6. The molecule has 0 heterocycles. The van der Waals surface area contributed by atoms with Crippen LogP contribution in [0.3, 0.4) is 0 Å². The molecular formula is C18H29NO3. The van der Waals surface area contributed by atoms with Gasteiger partial charge in [0, 0.05) is 12.3 Å². The maximum absolute atomic E-state index is 12.6. The van der Waals surface area contributed by atoms with E-state index < -0.39 is 5.60 Å². The van der Waals surface area contributed by atoms with E-state index >= 15 is 0 Å². The fourth-order valence-electron chi connectivity index (χ4n) is 2.47. The van der Waals surface area contributed by atoms with Crippen molar-refractivity contribution in [1.82, 2.24) is 0 Å². The van der Waals surface area contributed by atoms with Crippen molar-refractivity contribution >= 4 is 11.6 Å². The van der Waals surface area contributed by atoms with Crippen molar-refractivity contribution in [3.63, 3.8) is 0 Å². The second-order valence-corrected chi connectivity index (χ2v) is 6.41. The van der Waals surface area contributed by atoms with E-state index in [1.54, 1.807) is 0 Å². The number of ether oxygens (including phenoxy) is 2. The molecule has 124 valence electrons. The molecule has 0 aliphatic carbocycles. The van der Waals surface area contributed by atoms with Gasteiger partial charge in [-0.15, -0.1) is 0 Å². The van der Waals surface area contributed by atoms with Gasteiger partial charge in [0.25, 0.3) is 5.91 Å². The Bertz CT molecular complexity index is 468. The number of hydrogen-bond donors (Lipinski definition) is 1. The zero-order valence-corrected chi connectivity index (χ0v) is 14.6. The fourth-order valence-corrected chi connectivity index (χ4v) is 2.47. The van der Waals surface area contributed by atoms with E-state index in [4.69, 9.17) is 9.47 Å². The molecule has 0 bridgehead atoms. The first-order valence-electron chi connectivity index (χ1n) is 7.99. The maximum atomic E-state index is 12.6. The molecule has 0 unspecified atom stereocenters. The fraction of sp³-hybridized carbons (Fsp3) is 0.611. The van der Waals surface area contributed by atoms with Gasteiger partial charge in [0.05, 0.1) is 6.10 Å². The number of hydrogen-bond acceptors (Lipinski definition) is 3. The normalized spacial score (nSPS) is 14.0.